The monoisotopic (exact) mass is 1090 g/mol. The summed E-state index contributed by atoms with van der Waals surface area (Å²) in [6.45, 7) is 4.42. The maximum Gasteiger partial charge on any atom is 0.336 e. The Hall–Kier alpha value is -1.17. The minimum absolute atomic E-state index is 0. The Morgan fingerprint density at radius 3 is 1.08 bits per heavy atom. The Labute approximate surface area is 358 Å². The van der Waals surface area contributed by atoms with Gasteiger partial charge in [0.15, 0.2) is 0 Å². The van der Waals surface area contributed by atoms with Crippen LogP contribution in [0, 0.1) is 0 Å². The van der Waals surface area contributed by atoms with Crippen LogP contribution in [0.25, 0.3) is 0 Å². The molecule has 0 saturated heterocycles. The van der Waals surface area contributed by atoms with Crippen molar-refractivity contribution in [2.45, 2.75) is 39.3 Å². The first kappa shape index (κ1) is 47.9. The van der Waals surface area contributed by atoms with Crippen LogP contribution in [-0.2, 0) is 39.3 Å². The van der Waals surface area contributed by atoms with E-state index in [0.717, 1.165) is 49.7 Å². The SMILES string of the molecule is C[N+](C)(CCn1c(=O)n(CC[N+](C)(C)Cc2ccc(Br)cc2)c(=O)n(CC[N+](C)(C)Cc2cccc(Br)c2)c1=O)Cc1ccc(Br)cc1.[Br-].[Br-].[Br-]. The fourth-order valence-electron chi connectivity index (χ4n) is 5.90. The molecular formula is C36H48Br6N6O3. The third kappa shape index (κ3) is 14.5. The molecule has 0 unspecified atom stereocenters. The lowest BCUT2D eigenvalue weighted by atomic mass is 10.2. The van der Waals surface area contributed by atoms with Crippen molar-refractivity contribution in [3.63, 3.8) is 0 Å². The van der Waals surface area contributed by atoms with E-state index in [0.29, 0.717) is 33.1 Å². The van der Waals surface area contributed by atoms with E-state index >= 15 is 0 Å². The maximum atomic E-state index is 13.9. The Kier molecular flexibility index (Phi) is 19.2. The molecule has 3 aromatic carbocycles. The molecule has 0 aliphatic carbocycles. The van der Waals surface area contributed by atoms with Crippen LogP contribution in [0.2, 0.25) is 0 Å². The van der Waals surface area contributed by atoms with E-state index in [1.165, 1.54) is 13.7 Å². The highest BCUT2D eigenvalue weighted by Crippen LogP contribution is 2.17. The summed E-state index contributed by atoms with van der Waals surface area (Å²) in [6, 6.07) is 24.5. The van der Waals surface area contributed by atoms with E-state index in [1.54, 1.807) is 0 Å². The average Bonchev–Trinajstić information content (AvgIpc) is 2.98. The molecule has 0 radical (unpaired) electrons. The second kappa shape index (κ2) is 20.5. The van der Waals surface area contributed by atoms with Crippen molar-refractivity contribution in [2.75, 3.05) is 61.9 Å². The maximum absolute atomic E-state index is 13.9. The number of benzene rings is 3. The molecule has 1 heterocycles. The topological polar surface area (TPSA) is 66.0 Å². The molecule has 0 saturated carbocycles. The van der Waals surface area contributed by atoms with Crippen LogP contribution >= 0.6 is 47.8 Å². The highest BCUT2D eigenvalue weighted by atomic mass is 79.9. The Morgan fingerprint density at radius 1 is 0.451 bits per heavy atom. The van der Waals surface area contributed by atoms with Gasteiger partial charge in [-0.25, -0.2) is 28.1 Å². The van der Waals surface area contributed by atoms with Crippen molar-refractivity contribution in [3.8, 4) is 0 Å². The summed E-state index contributed by atoms with van der Waals surface area (Å²) >= 11 is 10.5. The van der Waals surface area contributed by atoms with E-state index in [9.17, 15) is 14.4 Å². The summed E-state index contributed by atoms with van der Waals surface area (Å²) < 4.78 is 8.56. The smallest absolute Gasteiger partial charge is 0.336 e. The Balaban J connectivity index is 0.00000433. The van der Waals surface area contributed by atoms with Crippen molar-refractivity contribution in [3.05, 3.63) is 134 Å². The number of hydrogen-bond donors (Lipinski definition) is 0. The van der Waals surface area contributed by atoms with Crippen molar-refractivity contribution in [1.82, 2.24) is 13.7 Å². The second-order valence-electron chi connectivity index (χ2n) is 14.6. The molecule has 0 atom stereocenters. The molecule has 1 aromatic heterocycles. The van der Waals surface area contributed by atoms with Crippen LogP contribution in [0.4, 0.5) is 0 Å². The van der Waals surface area contributed by atoms with Crippen LogP contribution < -0.4 is 68.0 Å². The predicted octanol–water partition coefficient (Wildman–Crippen LogP) is -3.70. The number of hydrogen-bond acceptors (Lipinski definition) is 3. The molecule has 4 rings (SSSR count). The number of aromatic nitrogens is 3. The second-order valence-corrected chi connectivity index (χ2v) is 17.4. The molecule has 282 valence electrons. The highest BCUT2D eigenvalue weighted by molar-refractivity contribution is 9.11. The van der Waals surface area contributed by atoms with E-state index < -0.39 is 17.1 Å². The van der Waals surface area contributed by atoms with Gasteiger partial charge in [0, 0.05) is 30.1 Å². The van der Waals surface area contributed by atoms with Gasteiger partial charge in [-0.2, -0.15) is 0 Å². The first-order valence-corrected chi connectivity index (χ1v) is 18.5. The average molecular weight is 1090 g/mol. The van der Waals surface area contributed by atoms with Crippen molar-refractivity contribution < 1.29 is 64.4 Å². The van der Waals surface area contributed by atoms with Gasteiger partial charge < -0.3 is 64.4 Å². The Morgan fingerprint density at radius 2 is 0.765 bits per heavy atom. The third-order valence-electron chi connectivity index (χ3n) is 8.72. The van der Waals surface area contributed by atoms with Gasteiger partial charge in [0.05, 0.1) is 81.6 Å². The van der Waals surface area contributed by atoms with Crippen LogP contribution in [0.1, 0.15) is 16.7 Å². The van der Waals surface area contributed by atoms with Gasteiger partial charge >= 0.3 is 17.1 Å². The van der Waals surface area contributed by atoms with Gasteiger partial charge in [0.1, 0.15) is 19.6 Å². The molecular weight excluding hydrogens is 1040 g/mol. The van der Waals surface area contributed by atoms with Crippen LogP contribution in [0.3, 0.4) is 0 Å². The summed E-state index contributed by atoms with van der Waals surface area (Å²) in [7, 11) is 12.5. The minimum Gasteiger partial charge on any atom is -1.00 e. The molecule has 0 aliphatic rings. The first-order chi connectivity index (χ1) is 22.4. The highest BCUT2D eigenvalue weighted by Gasteiger charge is 2.25. The number of rotatable bonds is 15. The standard InChI is InChI=1S/C36H48Br3N6O3.3BrH/c1-43(2,25-28-10-14-31(37)15-11-28)21-18-40-34(46)41(19-22-44(3,4)26-29-12-16-32(38)17-13-29)36(48)42(35(40)47)20-23-45(5,6)27-30-8-7-9-33(39)24-30;;;/h7-17,24H,18-23,25-27H2,1-6H3;3*1H/q+3;;;/p-3. The first-order valence-electron chi connectivity index (χ1n) is 16.1. The van der Waals surface area contributed by atoms with Crippen LogP contribution in [0.5, 0.6) is 0 Å². The lowest BCUT2D eigenvalue weighted by Gasteiger charge is -2.31. The summed E-state index contributed by atoms with van der Waals surface area (Å²) in [4.78, 5) is 41.8. The molecule has 0 N–H and O–H groups in total. The molecule has 0 amide bonds. The van der Waals surface area contributed by atoms with E-state index in [1.807, 2.05) is 36.4 Å². The van der Waals surface area contributed by atoms with Crippen LogP contribution in [0.15, 0.2) is 101 Å². The molecule has 0 fully saturated rings. The normalized spacial score (nSPS) is 11.7. The number of quaternary nitrogens is 3. The Bertz CT molecular complexity index is 1790. The van der Waals surface area contributed by atoms with Gasteiger partial charge in [0.2, 0.25) is 0 Å². The van der Waals surface area contributed by atoms with Crippen molar-refractivity contribution in [1.29, 1.82) is 0 Å². The van der Waals surface area contributed by atoms with E-state index in [2.05, 4.69) is 126 Å². The van der Waals surface area contributed by atoms with Crippen molar-refractivity contribution in [2.24, 2.45) is 0 Å². The van der Waals surface area contributed by atoms with Gasteiger partial charge in [-0.3, -0.25) is 0 Å². The number of likely N-dealkylation sites (N-methyl/N-ethyl adjacent to an activating group) is 3. The molecule has 4 aromatic rings. The fourth-order valence-corrected chi connectivity index (χ4v) is 6.88. The number of nitrogens with zero attached hydrogens (tertiary/aromatic N) is 6. The zero-order chi connectivity index (χ0) is 35.3. The van der Waals surface area contributed by atoms with Crippen molar-refractivity contribution >= 4 is 47.8 Å². The molecule has 9 nitrogen and oxygen atoms in total. The molecule has 0 aliphatic heterocycles. The molecule has 15 heteroatoms. The third-order valence-corrected chi connectivity index (χ3v) is 10.3. The summed E-state index contributed by atoms with van der Waals surface area (Å²) in [5, 5.41) is 0. The summed E-state index contributed by atoms with van der Waals surface area (Å²) in [5.74, 6) is 0. The summed E-state index contributed by atoms with van der Waals surface area (Å²) in [5.41, 5.74) is 1.84. The number of halogens is 6. The molecule has 0 spiro atoms. The molecule has 0 bridgehead atoms. The van der Waals surface area contributed by atoms with Gasteiger partial charge in [-0.1, -0.05) is 84.2 Å². The van der Waals surface area contributed by atoms with Gasteiger partial charge in [0.25, 0.3) is 0 Å². The van der Waals surface area contributed by atoms with E-state index in [-0.39, 0.29) is 70.6 Å². The van der Waals surface area contributed by atoms with Crippen LogP contribution in [-0.4, -0.2) is 89.1 Å². The van der Waals surface area contributed by atoms with Gasteiger partial charge in [-0.15, -0.1) is 0 Å². The van der Waals surface area contributed by atoms with E-state index in [4.69, 9.17) is 0 Å². The lowest BCUT2D eigenvalue weighted by molar-refractivity contribution is -0.904. The largest absolute Gasteiger partial charge is 1.00 e. The minimum atomic E-state index is -0.545. The zero-order valence-electron chi connectivity index (χ0n) is 30.0. The fraction of sp³-hybridized carbons (Fsp3) is 0.417. The quantitative estimate of drug-likeness (QED) is 0.116. The molecule has 51 heavy (non-hydrogen) atoms. The van der Waals surface area contributed by atoms with Gasteiger partial charge in [-0.05, 0) is 36.4 Å². The summed E-state index contributed by atoms with van der Waals surface area (Å²) in [6.07, 6.45) is 0. The zero-order valence-corrected chi connectivity index (χ0v) is 39.5. The predicted molar refractivity (Wildman–Crippen MR) is 204 cm³/mol. The lowest BCUT2D eigenvalue weighted by Crippen LogP contribution is -3.00.